The fourth-order valence-electron chi connectivity index (χ4n) is 4.40. The van der Waals surface area contributed by atoms with Crippen molar-refractivity contribution < 1.29 is 9.53 Å². The Labute approximate surface area is 172 Å². The average Bonchev–Trinajstić information content (AvgIpc) is 3.11. The number of nitrogens with zero attached hydrogens (tertiary/aromatic N) is 4. The molecule has 1 unspecified atom stereocenters. The zero-order valence-electron chi connectivity index (χ0n) is 17.4. The van der Waals surface area contributed by atoms with Crippen LogP contribution in [0.3, 0.4) is 0 Å². The third-order valence-electron chi connectivity index (χ3n) is 6.13. The molecule has 0 bridgehead atoms. The molecule has 1 aromatic carbocycles. The van der Waals surface area contributed by atoms with Gasteiger partial charge >= 0.3 is 0 Å². The summed E-state index contributed by atoms with van der Waals surface area (Å²) in [6.45, 7) is 3.72. The van der Waals surface area contributed by atoms with Gasteiger partial charge in [0.2, 0.25) is 11.8 Å². The van der Waals surface area contributed by atoms with Crippen molar-refractivity contribution in [3.63, 3.8) is 0 Å². The molecule has 4 rings (SSSR count). The lowest BCUT2D eigenvalue weighted by Crippen LogP contribution is -2.38. The summed E-state index contributed by atoms with van der Waals surface area (Å²) < 4.78 is 5.62. The number of aromatic nitrogens is 2. The Morgan fingerprint density at radius 1 is 1.03 bits per heavy atom. The first-order valence-corrected chi connectivity index (χ1v) is 10.6. The molecule has 6 heteroatoms. The van der Waals surface area contributed by atoms with Crippen molar-refractivity contribution in [2.24, 2.45) is 5.92 Å². The summed E-state index contributed by atoms with van der Waals surface area (Å²) in [7, 11) is 3.80. The van der Waals surface area contributed by atoms with Gasteiger partial charge < -0.3 is 14.5 Å². The molecule has 1 fully saturated rings. The van der Waals surface area contributed by atoms with Gasteiger partial charge in [0.05, 0.1) is 12.8 Å². The molecule has 1 aliphatic heterocycles. The molecular formula is C23H30N4O2. The first kappa shape index (κ1) is 19.8. The minimum Gasteiger partial charge on any atom is -0.481 e. The molecule has 0 N–H and O–H groups in total. The van der Waals surface area contributed by atoms with Crippen LogP contribution < -0.4 is 4.74 Å². The van der Waals surface area contributed by atoms with Crippen LogP contribution in [-0.2, 0) is 17.6 Å². The van der Waals surface area contributed by atoms with Crippen molar-refractivity contribution in [2.45, 2.75) is 32.1 Å². The number of hydrogen-bond donors (Lipinski definition) is 0. The van der Waals surface area contributed by atoms with Crippen molar-refractivity contribution in [3.05, 3.63) is 41.6 Å². The topological polar surface area (TPSA) is 58.6 Å². The number of likely N-dealkylation sites (N-methyl/N-ethyl adjacent to an activating group) is 1. The molecule has 6 nitrogen and oxygen atoms in total. The molecule has 154 valence electrons. The molecule has 29 heavy (non-hydrogen) atoms. The molecule has 0 spiro atoms. The first-order chi connectivity index (χ1) is 14.2. The summed E-state index contributed by atoms with van der Waals surface area (Å²) in [5.41, 5.74) is 3.08. The van der Waals surface area contributed by atoms with Gasteiger partial charge in [-0.3, -0.25) is 4.79 Å². The van der Waals surface area contributed by atoms with E-state index in [1.54, 1.807) is 7.11 Å². The summed E-state index contributed by atoms with van der Waals surface area (Å²) in [6, 6.07) is 10.00. The van der Waals surface area contributed by atoms with Gasteiger partial charge in [-0.1, -0.05) is 30.3 Å². The van der Waals surface area contributed by atoms with E-state index >= 15 is 0 Å². The van der Waals surface area contributed by atoms with E-state index < -0.39 is 0 Å². The van der Waals surface area contributed by atoms with E-state index in [4.69, 9.17) is 9.72 Å². The van der Waals surface area contributed by atoms with E-state index in [9.17, 15) is 4.79 Å². The van der Waals surface area contributed by atoms with E-state index in [0.717, 1.165) is 75.1 Å². The second-order valence-electron chi connectivity index (χ2n) is 8.10. The lowest BCUT2D eigenvalue weighted by molar-refractivity contribution is -0.135. The molecule has 1 amide bonds. The number of rotatable bonds is 3. The standard InChI is InChI=1S/C23H30N4O2/c1-26-13-6-14-27(16-15-26)23(28)18-9-11-19-20(12-10-18)24-21(25-22(19)29-2)17-7-4-3-5-8-17/h3-5,7-8,18H,6,9-16H2,1-2H3. The van der Waals surface area contributed by atoms with Crippen LogP contribution in [0.4, 0.5) is 0 Å². The van der Waals surface area contributed by atoms with Gasteiger partial charge in [0.25, 0.3) is 0 Å². The molecule has 2 heterocycles. The highest BCUT2D eigenvalue weighted by Gasteiger charge is 2.29. The number of methoxy groups -OCH3 is 1. The van der Waals surface area contributed by atoms with Crippen LogP contribution in [0.1, 0.15) is 30.5 Å². The van der Waals surface area contributed by atoms with Gasteiger partial charge in [0.1, 0.15) is 0 Å². The van der Waals surface area contributed by atoms with Crippen molar-refractivity contribution in [2.75, 3.05) is 40.3 Å². The van der Waals surface area contributed by atoms with Crippen LogP contribution in [0, 0.1) is 5.92 Å². The highest BCUT2D eigenvalue weighted by molar-refractivity contribution is 5.79. The van der Waals surface area contributed by atoms with Crippen molar-refractivity contribution in [1.29, 1.82) is 0 Å². The second-order valence-corrected chi connectivity index (χ2v) is 8.10. The van der Waals surface area contributed by atoms with Crippen molar-refractivity contribution >= 4 is 5.91 Å². The van der Waals surface area contributed by atoms with Crippen LogP contribution in [0.15, 0.2) is 30.3 Å². The maximum Gasteiger partial charge on any atom is 0.225 e. The highest BCUT2D eigenvalue weighted by Crippen LogP contribution is 2.32. The molecule has 1 atom stereocenters. The van der Waals surface area contributed by atoms with Crippen molar-refractivity contribution in [3.8, 4) is 17.3 Å². The van der Waals surface area contributed by atoms with E-state index in [0.29, 0.717) is 17.6 Å². The SMILES string of the molecule is COc1nc(-c2ccccc2)nc2c1CCC(C(=O)N1CCCN(C)CC1)CC2. The van der Waals surface area contributed by atoms with Crippen molar-refractivity contribution in [1.82, 2.24) is 19.8 Å². The Hall–Kier alpha value is -2.47. The predicted molar refractivity (Wildman–Crippen MR) is 113 cm³/mol. The quantitative estimate of drug-likeness (QED) is 0.750. The normalized spacial score (nSPS) is 20.5. The zero-order valence-corrected chi connectivity index (χ0v) is 17.4. The largest absolute Gasteiger partial charge is 0.481 e. The number of fused-ring (bicyclic) bond motifs is 1. The lowest BCUT2D eigenvalue weighted by atomic mass is 9.98. The molecule has 1 aliphatic carbocycles. The van der Waals surface area contributed by atoms with Gasteiger partial charge in [-0.15, -0.1) is 0 Å². The number of aryl methyl sites for hydroxylation is 1. The van der Waals surface area contributed by atoms with Gasteiger partial charge in [-0.2, -0.15) is 4.98 Å². The Morgan fingerprint density at radius 3 is 2.62 bits per heavy atom. The minimum atomic E-state index is 0.0532. The fraction of sp³-hybridized carbons (Fsp3) is 0.522. The highest BCUT2D eigenvalue weighted by atomic mass is 16.5. The average molecular weight is 395 g/mol. The third-order valence-corrected chi connectivity index (χ3v) is 6.13. The monoisotopic (exact) mass is 394 g/mol. The number of carbonyl (C=O) groups excluding carboxylic acids is 1. The van der Waals surface area contributed by atoms with Gasteiger partial charge in [0, 0.05) is 36.7 Å². The minimum absolute atomic E-state index is 0.0532. The molecule has 2 aliphatic rings. The molecule has 2 aromatic rings. The number of amides is 1. The summed E-state index contributed by atoms with van der Waals surface area (Å²) >= 11 is 0. The molecule has 1 saturated heterocycles. The first-order valence-electron chi connectivity index (χ1n) is 10.6. The third kappa shape index (κ3) is 4.42. The molecule has 0 saturated carbocycles. The summed E-state index contributed by atoms with van der Waals surface area (Å²) in [4.78, 5) is 27.1. The van der Waals surface area contributed by atoms with E-state index in [2.05, 4.69) is 21.8 Å². The Kier molecular flexibility index (Phi) is 6.09. The predicted octanol–water partition coefficient (Wildman–Crippen LogP) is 2.81. The van der Waals surface area contributed by atoms with Crippen LogP contribution in [-0.4, -0.2) is 66.0 Å². The Morgan fingerprint density at radius 2 is 1.83 bits per heavy atom. The zero-order chi connectivity index (χ0) is 20.2. The van der Waals surface area contributed by atoms with Crippen LogP contribution in [0.25, 0.3) is 11.4 Å². The smallest absolute Gasteiger partial charge is 0.225 e. The maximum atomic E-state index is 13.2. The lowest BCUT2D eigenvalue weighted by Gasteiger charge is -2.25. The van der Waals surface area contributed by atoms with Gasteiger partial charge in [0.15, 0.2) is 5.82 Å². The summed E-state index contributed by atoms with van der Waals surface area (Å²) in [6.07, 6.45) is 4.31. The van der Waals surface area contributed by atoms with Crippen LogP contribution in [0.2, 0.25) is 0 Å². The van der Waals surface area contributed by atoms with E-state index in [-0.39, 0.29) is 5.92 Å². The fourth-order valence-corrected chi connectivity index (χ4v) is 4.40. The molecular weight excluding hydrogens is 364 g/mol. The second kappa shape index (κ2) is 8.91. The number of hydrogen-bond acceptors (Lipinski definition) is 5. The number of ether oxygens (including phenoxy) is 1. The van der Waals surface area contributed by atoms with Crippen LogP contribution >= 0.6 is 0 Å². The molecule has 0 radical (unpaired) electrons. The summed E-state index contributed by atoms with van der Waals surface area (Å²) in [5, 5.41) is 0. The van der Waals surface area contributed by atoms with E-state index in [1.165, 1.54) is 0 Å². The van der Waals surface area contributed by atoms with E-state index in [1.807, 2.05) is 30.3 Å². The number of benzene rings is 1. The van der Waals surface area contributed by atoms with Gasteiger partial charge in [-0.05, 0) is 45.7 Å². The summed E-state index contributed by atoms with van der Waals surface area (Å²) in [5.74, 6) is 1.71. The Balaban J connectivity index is 1.53. The number of carbonyl (C=O) groups is 1. The molecule has 1 aromatic heterocycles. The van der Waals surface area contributed by atoms with Gasteiger partial charge in [-0.25, -0.2) is 4.98 Å². The Bertz CT molecular complexity index is 855. The maximum absolute atomic E-state index is 13.2. The van der Waals surface area contributed by atoms with Crippen LogP contribution in [0.5, 0.6) is 5.88 Å².